The molecule has 0 spiro atoms. The Kier molecular flexibility index (Phi) is 5.16. The molecule has 4 rings (SSSR count). The van der Waals surface area contributed by atoms with Crippen molar-refractivity contribution in [2.24, 2.45) is 7.05 Å². The van der Waals surface area contributed by atoms with Crippen LogP contribution >= 0.6 is 0 Å². The van der Waals surface area contributed by atoms with Crippen LogP contribution < -0.4 is 5.32 Å². The molecule has 0 aliphatic rings. The van der Waals surface area contributed by atoms with Crippen molar-refractivity contribution in [3.05, 3.63) is 53.6 Å². The van der Waals surface area contributed by atoms with Crippen LogP contribution in [0.1, 0.15) is 29.9 Å². The number of hydrogen-bond acceptors (Lipinski definition) is 4. The number of carbonyl (C=O) groups is 1. The number of halogens is 3. The molecule has 0 bridgehead atoms. The number of fused-ring (bicyclic) bond motifs is 2. The molecular weight excluding hydrogens is 409 g/mol. The third-order valence-electron chi connectivity index (χ3n) is 5.26. The SMILES string of the molecule is Cc1c2ccc(CC(=O)N[C@H](C)c3cc4cnn(CC(F)(F)F)c4cn3)cc2nn1C. The quantitative estimate of drug-likeness (QED) is 0.525. The smallest absolute Gasteiger partial charge is 0.348 e. The van der Waals surface area contributed by atoms with Gasteiger partial charge in [0, 0.05) is 23.5 Å². The number of benzene rings is 1. The number of aromatic nitrogens is 5. The Morgan fingerprint density at radius 1 is 1.23 bits per heavy atom. The van der Waals surface area contributed by atoms with Gasteiger partial charge in [0.2, 0.25) is 5.91 Å². The zero-order valence-corrected chi connectivity index (χ0v) is 17.2. The zero-order valence-electron chi connectivity index (χ0n) is 17.2. The van der Waals surface area contributed by atoms with Crippen molar-refractivity contribution < 1.29 is 18.0 Å². The summed E-state index contributed by atoms with van der Waals surface area (Å²) in [7, 11) is 1.88. The van der Waals surface area contributed by atoms with Crippen molar-refractivity contribution in [3.63, 3.8) is 0 Å². The van der Waals surface area contributed by atoms with Gasteiger partial charge in [-0.15, -0.1) is 0 Å². The molecule has 1 aromatic carbocycles. The van der Waals surface area contributed by atoms with Crippen molar-refractivity contribution in [3.8, 4) is 0 Å². The average Bonchev–Trinajstić information content (AvgIpc) is 3.20. The van der Waals surface area contributed by atoms with Gasteiger partial charge in [0.1, 0.15) is 6.54 Å². The van der Waals surface area contributed by atoms with Crippen molar-refractivity contribution in [1.29, 1.82) is 0 Å². The van der Waals surface area contributed by atoms with E-state index in [1.165, 1.54) is 12.4 Å². The number of nitrogens with one attached hydrogen (secondary N) is 1. The molecule has 0 saturated carbocycles. The monoisotopic (exact) mass is 430 g/mol. The predicted octanol–water partition coefficient (Wildman–Crippen LogP) is 3.61. The van der Waals surface area contributed by atoms with Crippen molar-refractivity contribution in [2.75, 3.05) is 0 Å². The Bertz CT molecular complexity index is 1270. The molecule has 0 aliphatic carbocycles. The molecule has 1 N–H and O–H groups in total. The van der Waals surface area contributed by atoms with Gasteiger partial charge in [0.25, 0.3) is 0 Å². The number of hydrogen-bond donors (Lipinski definition) is 1. The van der Waals surface area contributed by atoms with Crippen LogP contribution in [0.15, 0.2) is 36.7 Å². The molecule has 3 aromatic heterocycles. The fourth-order valence-electron chi connectivity index (χ4n) is 3.57. The number of aryl methyl sites for hydroxylation is 2. The largest absolute Gasteiger partial charge is 0.408 e. The van der Waals surface area contributed by atoms with Crippen molar-refractivity contribution in [2.45, 2.75) is 39.0 Å². The highest BCUT2D eigenvalue weighted by molar-refractivity contribution is 5.85. The van der Waals surface area contributed by atoms with E-state index in [0.29, 0.717) is 16.6 Å². The molecule has 0 unspecified atom stereocenters. The number of rotatable bonds is 5. The first kappa shape index (κ1) is 20.8. The van der Waals surface area contributed by atoms with Crippen LogP contribution in [0.3, 0.4) is 0 Å². The Balaban J connectivity index is 1.45. The number of alkyl halides is 3. The van der Waals surface area contributed by atoms with Crippen molar-refractivity contribution in [1.82, 2.24) is 29.9 Å². The molecule has 4 aromatic rings. The number of carbonyl (C=O) groups excluding carboxylic acids is 1. The van der Waals surface area contributed by atoms with Gasteiger partial charge >= 0.3 is 6.18 Å². The minimum atomic E-state index is -4.37. The zero-order chi connectivity index (χ0) is 22.3. The average molecular weight is 430 g/mol. The van der Waals surface area contributed by atoms with Crippen LogP contribution in [-0.4, -0.2) is 36.6 Å². The first-order valence-electron chi connectivity index (χ1n) is 9.70. The fraction of sp³-hybridized carbons (Fsp3) is 0.333. The van der Waals surface area contributed by atoms with Gasteiger partial charge in [-0.1, -0.05) is 12.1 Å². The van der Waals surface area contributed by atoms with E-state index >= 15 is 0 Å². The molecule has 10 heteroatoms. The lowest BCUT2D eigenvalue weighted by molar-refractivity contribution is -0.141. The molecule has 1 amide bonds. The Hall–Kier alpha value is -3.43. The van der Waals surface area contributed by atoms with E-state index in [9.17, 15) is 18.0 Å². The maximum absolute atomic E-state index is 12.6. The first-order valence-corrected chi connectivity index (χ1v) is 9.70. The van der Waals surface area contributed by atoms with E-state index in [0.717, 1.165) is 26.8 Å². The standard InChI is InChI=1S/C21H21F3N6O/c1-12(17-8-15-9-26-30(11-21(22,23)24)19(15)10-25-17)27-20(31)7-14-4-5-16-13(2)29(3)28-18(16)6-14/h4-6,8-10,12H,7,11H2,1-3H3,(H,27,31)/t12-/m1/s1. The third kappa shape index (κ3) is 4.37. The number of amides is 1. The third-order valence-corrected chi connectivity index (χ3v) is 5.26. The van der Waals surface area contributed by atoms with Crippen LogP contribution in [0.2, 0.25) is 0 Å². The van der Waals surface area contributed by atoms with Crippen LogP contribution in [0, 0.1) is 6.92 Å². The number of nitrogens with zero attached hydrogens (tertiary/aromatic N) is 5. The minimum absolute atomic E-state index is 0.182. The summed E-state index contributed by atoms with van der Waals surface area (Å²) < 4.78 is 40.6. The second-order valence-corrected chi connectivity index (χ2v) is 7.61. The van der Waals surface area contributed by atoms with Crippen molar-refractivity contribution >= 4 is 27.7 Å². The molecule has 7 nitrogen and oxygen atoms in total. The lowest BCUT2D eigenvalue weighted by atomic mass is 10.1. The molecule has 0 aliphatic heterocycles. The first-order chi connectivity index (χ1) is 14.6. The van der Waals surface area contributed by atoms with Crippen LogP contribution in [0.25, 0.3) is 21.8 Å². The van der Waals surface area contributed by atoms with Gasteiger partial charge < -0.3 is 5.32 Å². The summed E-state index contributed by atoms with van der Waals surface area (Å²) in [4.78, 5) is 16.8. The highest BCUT2D eigenvalue weighted by atomic mass is 19.4. The van der Waals surface area contributed by atoms with E-state index in [1.807, 2.05) is 32.2 Å². The molecular formula is C21H21F3N6O. The summed E-state index contributed by atoms with van der Waals surface area (Å²) >= 11 is 0. The Labute approximate surface area is 175 Å². The van der Waals surface area contributed by atoms with E-state index in [-0.39, 0.29) is 12.3 Å². The highest BCUT2D eigenvalue weighted by Gasteiger charge is 2.29. The van der Waals surface area contributed by atoms with Gasteiger partial charge in [0.05, 0.1) is 41.6 Å². The van der Waals surface area contributed by atoms with Crippen LogP contribution in [0.4, 0.5) is 13.2 Å². The highest BCUT2D eigenvalue weighted by Crippen LogP contribution is 2.23. The number of pyridine rings is 1. The van der Waals surface area contributed by atoms with Gasteiger partial charge in [0.15, 0.2) is 0 Å². The summed E-state index contributed by atoms with van der Waals surface area (Å²) in [5, 5.41) is 12.7. The lowest BCUT2D eigenvalue weighted by Crippen LogP contribution is -2.28. The molecule has 31 heavy (non-hydrogen) atoms. The van der Waals surface area contributed by atoms with E-state index < -0.39 is 18.8 Å². The minimum Gasteiger partial charge on any atom is -0.348 e. The van der Waals surface area contributed by atoms with Gasteiger partial charge in [-0.2, -0.15) is 23.4 Å². The van der Waals surface area contributed by atoms with Crippen LogP contribution in [0.5, 0.6) is 0 Å². The van der Waals surface area contributed by atoms with E-state index in [1.54, 1.807) is 17.7 Å². The molecule has 0 saturated heterocycles. The summed E-state index contributed by atoms with van der Waals surface area (Å²) in [6.07, 6.45) is -1.47. The molecule has 0 fully saturated rings. The molecule has 0 radical (unpaired) electrons. The van der Waals surface area contributed by atoms with Gasteiger partial charge in [-0.25, -0.2) is 0 Å². The maximum atomic E-state index is 12.6. The Morgan fingerprint density at radius 3 is 2.74 bits per heavy atom. The maximum Gasteiger partial charge on any atom is 0.408 e. The van der Waals surface area contributed by atoms with Gasteiger partial charge in [-0.05, 0) is 31.5 Å². The summed E-state index contributed by atoms with van der Waals surface area (Å²) in [5.41, 5.74) is 3.56. The molecule has 162 valence electrons. The predicted molar refractivity (Wildman–Crippen MR) is 109 cm³/mol. The topological polar surface area (TPSA) is 77.6 Å². The normalized spacial score (nSPS) is 13.1. The van der Waals surface area contributed by atoms with E-state index in [2.05, 4.69) is 20.5 Å². The van der Waals surface area contributed by atoms with Gasteiger partial charge in [-0.3, -0.25) is 19.1 Å². The summed E-state index contributed by atoms with van der Waals surface area (Å²) in [5.74, 6) is -0.186. The lowest BCUT2D eigenvalue weighted by Gasteiger charge is -2.14. The second kappa shape index (κ2) is 7.68. The molecule has 1 atom stereocenters. The summed E-state index contributed by atoms with van der Waals surface area (Å²) in [6.45, 7) is 2.58. The Morgan fingerprint density at radius 2 is 2.00 bits per heavy atom. The van der Waals surface area contributed by atoms with E-state index in [4.69, 9.17) is 0 Å². The molecule has 3 heterocycles. The van der Waals surface area contributed by atoms with Crippen LogP contribution in [-0.2, 0) is 24.8 Å². The second-order valence-electron chi connectivity index (χ2n) is 7.61. The fourth-order valence-corrected chi connectivity index (χ4v) is 3.57. The summed E-state index contributed by atoms with van der Waals surface area (Å²) in [6, 6.07) is 6.98.